The van der Waals surface area contributed by atoms with Gasteiger partial charge in [-0.15, -0.1) is 0 Å². The molecule has 1 aromatic carbocycles. The minimum Gasteiger partial charge on any atom is -0.392 e. The lowest BCUT2D eigenvalue weighted by molar-refractivity contribution is -0.125. The van der Waals surface area contributed by atoms with Crippen molar-refractivity contribution in [1.82, 2.24) is 0 Å². The van der Waals surface area contributed by atoms with Gasteiger partial charge in [-0.25, -0.2) is 0 Å². The highest BCUT2D eigenvalue weighted by Gasteiger charge is 2.27. The number of aliphatic hydroxyl groups is 1. The maximum atomic E-state index is 12.4. The van der Waals surface area contributed by atoms with E-state index in [2.05, 4.69) is 12.2 Å². The van der Waals surface area contributed by atoms with Gasteiger partial charge in [0.05, 0.1) is 12.7 Å². The molecule has 1 saturated heterocycles. The summed E-state index contributed by atoms with van der Waals surface area (Å²) < 4.78 is 5.70. The number of carbonyl (C=O) groups is 1. The molecule has 1 heterocycles. The lowest BCUT2D eigenvalue weighted by atomic mass is 9.92. The Morgan fingerprint density at radius 2 is 2.29 bits per heavy atom. The molecule has 0 aliphatic carbocycles. The number of carbonyl (C=O) groups excluding carboxylic acids is 1. The highest BCUT2D eigenvalue weighted by Crippen LogP contribution is 2.25. The molecule has 2 N–H and O–H groups in total. The number of amides is 1. The van der Waals surface area contributed by atoms with E-state index in [1.54, 1.807) is 0 Å². The van der Waals surface area contributed by atoms with E-state index >= 15 is 0 Å². The van der Waals surface area contributed by atoms with E-state index in [0.29, 0.717) is 6.61 Å². The lowest BCUT2D eigenvalue weighted by Gasteiger charge is -2.28. The van der Waals surface area contributed by atoms with Crippen molar-refractivity contribution in [2.75, 3.05) is 11.9 Å². The third-order valence-corrected chi connectivity index (χ3v) is 4.09. The van der Waals surface area contributed by atoms with Gasteiger partial charge in [-0.1, -0.05) is 25.5 Å². The van der Waals surface area contributed by atoms with Crippen LogP contribution in [-0.4, -0.2) is 23.7 Å². The second-order valence-corrected chi connectivity index (χ2v) is 5.80. The smallest absolute Gasteiger partial charge is 0.227 e. The Hall–Kier alpha value is -1.39. The maximum Gasteiger partial charge on any atom is 0.227 e. The van der Waals surface area contributed by atoms with Crippen LogP contribution in [-0.2, 0) is 16.1 Å². The molecule has 1 fully saturated rings. The predicted molar refractivity (Wildman–Crippen MR) is 83.1 cm³/mol. The van der Waals surface area contributed by atoms with Crippen molar-refractivity contribution in [3.63, 3.8) is 0 Å². The first-order valence-electron chi connectivity index (χ1n) is 7.77. The zero-order chi connectivity index (χ0) is 15.2. The summed E-state index contributed by atoms with van der Waals surface area (Å²) in [5.74, 6) is 0.0880. The molecule has 2 unspecified atom stereocenters. The highest BCUT2D eigenvalue weighted by atomic mass is 16.5. The fraction of sp³-hybridized carbons (Fsp3) is 0.588. The summed E-state index contributed by atoms with van der Waals surface area (Å²) in [6.45, 7) is 4.74. The Balaban J connectivity index is 2.00. The van der Waals surface area contributed by atoms with Crippen molar-refractivity contribution < 1.29 is 14.6 Å². The number of hydrogen-bond donors (Lipinski definition) is 2. The first-order chi connectivity index (χ1) is 10.1. The number of rotatable bonds is 5. The normalized spacial score (nSPS) is 22.0. The number of aliphatic hydroxyl groups excluding tert-OH is 1. The van der Waals surface area contributed by atoms with Crippen LogP contribution in [0.4, 0.5) is 5.69 Å². The molecule has 0 aromatic heterocycles. The van der Waals surface area contributed by atoms with Crippen LogP contribution < -0.4 is 5.32 Å². The standard InChI is InChI=1S/C17H25NO3/c1-3-4-15-10-14(7-8-21-15)17(20)18-16-9-13(11-19)6-5-12(16)2/h5-6,9,14-15,19H,3-4,7-8,10-11H2,1-2H3,(H,18,20). The molecule has 2 rings (SSSR count). The molecular formula is C17H25NO3. The van der Waals surface area contributed by atoms with Gasteiger partial charge < -0.3 is 15.2 Å². The van der Waals surface area contributed by atoms with E-state index in [-0.39, 0.29) is 24.5 Å². The van der Waals surface area contributed by atoms with Crippen molar-refractivity contribution >= 4 is 11.6 Å². The van der Waals surface area contributed by atoms with Crippen LogP contribution in [0.2, 0.25) is 0 Å². The molecular weight excluding hydrogens is 266 g/mol. The van der Waals surface area contributed by atoms with Crippen LogP contribution in [0, 0.1) is 12.8 Å². The second kappa shape index (κ2) is 7.57. The van der Waals surface area contributed by atoms with Gasteiger partial charge in [-0.2, -0.15) is 0 Å². The van der Waals surface area contributed by atoms with Gasteiger partial charge >= 0.3 is 0 Å². The van der Waals surface area contributed by atoms with E-state index in [1.165, 1.54) is 0 Å². The van der Waals surface area contributed by atoms with Gasteiger partial charge in [0.25, 0.3) is 0 Å². The molecule has 21 heavy (non-hydrogen) atoms. The number of nitrogens with one attached hydrogen (secondary N) is 1. The Labute approximate surface area is 126 Å². The number of benzene rings is 1. The molecule has 0 bridgehead atoms. The molecule has 0 saturated carbocycles. The Morgan fingerprint density at radius 3 is 3.00 bits per heavy atom. The number of aryl methyl sites for hydroxylation is 1. The molecule has 0 radical (unpaired) electrons. The zero-order valence-electron chi connectivity index (χ0n) is 12.9. The Kier molecular flexibility index (Phi) is 5.76. The van der Waals surface area contributed by atoms with E-state index in [1.807, 2.05) is 25.1 Å². The van der Waals surface area contributed by atoms with Crippen LogP contribution in [0.3, 0.4) is 0 Å². The van der Waals surface area contributed by atoms with Crippen molar-refractivity contribution in [2.24, 2.45) is 5.92 Å². The topological polar surface area (TPSA) is 58.6 Å². The van der Waals surface area contributed by atoms with E-state index in [0.717, 1.165) is 42.5 Å². The van der Waals surface area contributed by atoms with Crippen LogP contribution in [0.5, 0.6) is 0 Å². The quantitative estimate of drug-likeness (QED) is 0.876. The third kappa shape index (κ3) is 4.29. The molecule has 1 aliphatic heterocycles. The summed E-state index contributed by atoms with van der Waals surface area (Å²) in [7, 11) is 0. The van der Waals surface area contributed by atoms with Crippen LogP contribution in [0.25, 0.3) is 0 Å². The molecule has 4 heteroatoms. The zero-order valence-corrected chi connectivity index (χ0v) is 12.9. The van der Waals surface area contributed by atoms with Crippen molar-refractivity contribution in [2.45, 2.75) is 52.2 Å². The first-order valence-corrected chi connectivity index (χ1v) is 7.77. The van der Waals surface area contributed by atoms with Crippen molar-refractivity contribution in [3.05, 3.63) is 29.3 Å². The summed E-state index contributed by atoms with van der Waals surface area (Å²) >= 11 is 0. The first kappa shape index (κ1) is 16.0. The molecule has 0 spiro atoms. The minimum absolute atomic E-state index is 0.0149. The predicted octanol–water partition coefficient (Wildman–Crippen LogP) is 3.02. The largest absolute Gasteiger partial charge is 0.392 e. The van der Waals surface area contributed by atoms with Crippen LogP contribution in [0.15, 0.2) is 18.2 Å². The van der Waals surface area contributed by atoms with Gasteiger partial charge in [0.15, 0.2) is 0 Å². The fourth-order valence-electron chi connectivity index (χ4n) is 2.78. The number of ether oxygens (including phenoxy) is 1. The Bertz CT molecular complexity index is 485. The number of anilines is 1. The van der Waals surface area contributed by atoms with Gasteiger partial charge in [-0.05, 0) is 43.4 Å². The van der Waals surface area contributed by atoms with E-state index < -0.39 is 0 Å². The van der Waals surface area contributed by atoms with Gasteiger partial charge in [0, 0.05) is 18.2 Å². The third-order valence-electron chi connectivity index (χ3n) is 4.09. The molecule has 1 amide bonds. The van der Waals surface area contributed by atoms with E-state index in [4.69, 9.17) is 4.74 Å². The maximum absolute atomic E-state index is 12.4. The fourth-order valence-corrected chi connectivity index (χ4v) is 2.78. The van der Waals surface area contributed by atoms with Gasteiger partial charge in [-0.3, -0.25) is 4.79 Å². The SMILES string of the molecule is CCCC1CC(C(=O)Nc2cc(CO)ccc2C)CCO1. The summed E-state index contributed by atoms with van der Waals surface area (Å²) in [6.07, 6.45) is 3.90. The highest BCUT2D eigenvalue weighted by molar-refractivity contribution is 5.93. The average Bonchev–Trinajstić information content (AvgIpc) is 2.50. The second-order valence-electron chi connectivity index (χ2n) is 5.80. The van der Waals surface area contributed by atoms with Gasteiger partial charge in [0.1, 0.15) is 0 Å². The summed E-state index contributed by atoms with van der Waals surface area (Å²) in [4.78, 5) is 12.4. The van der Waals surface area contributed by atoms with Gasteiger partial charge in [0.2, 0.25) is 5.91 Å². The molecule has 116 valence electrons. The summed E-state index contributed by atoms with van der Waals surface area (Å²) in [6, 6.07) is 5.64. The molecule has 1 aliphatic rings. The average molecular weight is 291 g/mol. The Morgan fingerprint density at radius 1 is 1.48 bits per heavy atom. The summed E-state index contributed by atoms with van der Waals surface area (Å²) in [5, 5.41) is 12.2. The van der Waals surface area contributed by atoms with Crippen LogP contribution >= 0.6 is 0 Å². The monoisotopic (exact) mass is 291 g/mol. The molecule has 4 nitrogen and oxygen atoms in total. The minimum atomic E-state index is -0.0149. The van der Waals surface area contributed by atoms with Crippen molar-refractivity contribution in [3.8, 4) is 0 Å². The molecule has 2 atom stereocenters. The van der Waals surface area contributed by atoms with E-state index in [9.17, 15) is 9.90 Å². The van der Waals surface area contributed by atoms with Crippen LogP contribution in [0.1, 0.15) is 43.7 Å². The summed E-state index contributed by atoms with van der Waals surface area (Å²) in [5.41, 5.74) is 2.62. The molecule has 1 aromatic rings. The lowest BCUT2D eigenvalue weighted by Crippen LogP contribution is -2.33. The van der Waals surface area contributed by atoms with Crippen molar-refractivity contribution in [1.29, 1.82) is 0 Å². The number of hydrogen-bond acceptors (Lipinski definition) is 3.